The average molecular weight is 461 g/mol. The largest absolute Gasteiger partial charge is 0.482 e. The number of thiophene rings is 1. The minimum Gasteiger partial charge on any atom is -0.482 e. The topological polar surface area (TPSA) is 94.6 Å². The molecule has 0 fully saturated rings. The molecule has 2 N–H and O–H groups in total. The Morgan fingerprint density at radius 1 is 1.15 bits per heavy atom. The standard InChI is InChI=1S/C26H24N2O4S/c1-26(2,3)16-6-8-17(9-7-16)30-15-23(29)31-18-10-11-19-21(13-18)32-25(28)20(14-27)24(19)22-5-4-12-33-22/h4-13,24H,15,28H2,1-3H3. The molecule has 4 rings (SSSR count). The molecule has 1 unspecified atom stereocenters. The Labute approximate surface area is 196 Å². The second-order valence-corrected chi connectivity index (χ2v) is 9.66. The van der Waals surface area contributed by atoms with Gasteiger partial charge in [-0.3, -0.25) is 0 Å². The highest BCUT2D eigenvalue weighted by Gasteiger charge is 2.31. The van der Waals surface area contributed by atoms with Crippen molar-refractivity contribution in [2.75, 3.05) is 6.61 Å². The summed E-state index contributed by atoms with van der Waals surface area (Å²) in [5.41, 5.74) is 8.39. The molecule has 168 valence electrons. The maximum absolute atomic E-state index is 12.3. The van der Waals surface area contributed by atoms with Crippen molar-refractivity contribution in [2.45, 2.75) is 32.1 Å². The number of rotatable bonds is 5. The fourth-order valence-electron chi connectivity index (χ4n) is 3.60. The Morgan fingerprint density at radius 3 is 2.52 bits per heavy atom. The summed E-state index contributed by atoms with van der Waals surface area (Å²) in [5.74, 6) is 0.547. The summed E-state index contributed by atoms with van der Waals surface area (Å²) in [5, 5.41) is 11.5. The molecule has 1 aliphatic heterocycles. The summed E-state index contributed by atoms with van der Waals surface area (Å²) in [4.78, 5) is 13.3. The predicted octanol–water partition coefficient (Wildman–Crippen LogP) is 5.25. The lowest BCUT2D eigenvalue weighted by atomic mass is 9.87. The van der Waals surface area contributed by atoms with E-state index in [1.54, 1.807) is 18.2 Å². The third kappa shape index (κ3) is 4.86. The van der Waals surface area contributed by atoms with E-state index in [0.717, 1.165) is 10.4 Å². The monoisotopic (exact) mass is 460 g/mol. The van der Waals surface area contributed by atoms with Crippen LogP contribution in [0, 0.1) is 11.3 Å². The SMILES string of the molecule is CC(C)(C)c1ccc(OCC(=O)Oc2ccc3c(c2)OC(N)=C(C#N)C3c2cccs2)cc1. The smallest absolute Gasteiger partial charge is 0.349 e. The number of fused-ring (bicyclic) bond motifs is 1. The fourth-order valence-corrected chi connectivity index (χ4v) is 4.45. The van der Waals surface area contributed by atoms with Crippen LogP contribution in [0.3, 0.4) is 0 Å². The first-order chi connectivity index (χ1) is 15.8. The second kappa shape index (κ2) is 9.00. The van der Waals surface area contributed by atoms with Crippen molar-refractivity contribution in [3.8, 4) is 23.3 Å². The van der Waals surface area contributed by atoms with Gasteiger partial charge in [0.05, 0.1) is 5.92 Å². The molecule has 33 heavy (non-hydrogen) atoms. The van der Waals surface area contributed by atoms with E-state index < -0.39 is 5.97 Å². The molecule has 6 nitrogen and oxygen atoms in total. The van der Waals surface area contributed by atoms with Gasteiger partial charge in [0.25, 0.3) is 0 Å². The number of carbonyl (C=O) groups excluding carboxylic acids is 1. The molecule has 1 atom stereocenters. The molecule has 2 heterocycles. The van der Waals surface area contributed by atoms with E-state index in [2.05, 4.69) is 26.8 Å². The van der Waals surface area contributed by atoms with Crippen LogP contribution >= 0.6 is 11.3 Å². The number of nitrogens with zero attached hydrogens (tertiary/aromatic N) is 1. The van der Waals surface area contributed by atoms with E-state index in [1.165, 1.54) is 16.9 Å². The van der Waals surface area contributed by atoms with Crippen molar-refractivity contribution in [1.82, 2.24) is 0 Å². The van der Waals surface area contributed by atoms with E-state index in [-0.39, 0.29) is 23.8 Å². The molecule has 3 aromatic rings. The van der Waals surface area contributed by atoms with Crippen LogP contribution in [0.15, 0.2) is 71.4 Å². The summed E-state index contributed by atoms with van der Waals surface area (Å²) < 4.78 is 16.7. The van der Waals surface area contributed by atoms with Crippen molar-refractivity contribution in [2.24, 2.45) is 5.73 Å². The molecular formula is C26H24N2O4S. The van der Waals surface area contributed by atoms with Crippen LogP contribution in [0.5, 0.6) is 17.2 Å². The summed E-state index contributed by atoms with van der Waals surface area (Å²) in [7, 11) is 0. The third-order valence-electron chi connectivity index (χ3n) is 5.33. The van der Waals surface area contributed by atoms with Crippen molar-refractivity contribution in [1.29, 1.82) is 5.26 Å². The Balaban J connectivity index is 1.45. The minimum absolute atomic E-state index is 0.0427. The maximum atomic E-state index is 12.3. The quantitative estimate of drug-likeness (QED) is 0.413. The maximum Gasteiger partial charge on any atom is 0.349 e. The van der Waals surface area contributed by atoms with Gasteiger partial charge in [0.2, 0.25) is 5.88 Å². The number of nitrogens with two attached hydrogens (primary N) is 1. The van der Waals surface area contributed by atoms with Gasteiger partial charge in [-0.2, -0.15) is 5.26 Å². The van der Waals surface area contributed by atoms with Crippen LogP contribution in [0.25, 0.3) is 0 Å². The number of benzene rings is 2. The Morgan fingerprint density at radius 2 is 1.88 bits per heavy atom. The zero-order chi connectivity index (χ0) is 23.6. The lowest BCUT2D eigenvalue weighted by Gasteiger charge is -2.25. The zero-order valence-corrected chi connectivity index (χ0v) is 19.4. The van der Waals surface area contributed by atoms with E-state index >= 15 is 0 Å². The molecule has 0 bridgehead atoms. The highest BCUT2D eigenvalue weighted by atomic mass is 32.1. The van der Waals surface area contributed by atoms with Crippen LogP contribution in [0.2, 0.25) is 0 Å². The minimum atomic E-state index is -0.540. The zero-order valence-electron chi connectivity index (χ0n) is 18.6. The summed E-state index contributed by atoms with van der Waals surface area (Å²) in [6.07, 6.45) is 0. The van der Waals surface area contributed by atoms with E-state index in [1.807, 2.05) is 41.8 Å². The average Bonchev–Trinajstić information content (AvgIpc) is 3.31. The molecular weight excluding hydrogens is 436 g/mol. The Bertz CT molecular complexity index is 1230. The lowest BCUT2D eigenvalue weighted by Crippen LogP contribution is -2.21. The lowest BCUT2D eigenvalue weighted by molar-refractivity contribution is -0.136. The van der Waals surface area contributed by atoms with Crippen LogP contribution in [-0.4, -0.2) is 12.6 Å². The molecule has 0 spiro atoms. The number of hydrogen-bond donors (Lipinski definition) is 1. The molecule has 2 aromatic carbocycles. The number of hydrogen-bond acceptors (Lipinski definition) is 7. The fraction of sp³-hybridized carbons (Fsp3) is 0.231. The summed E-state index contributed by atoms with van der Waals surface area (Å²) in [6.45, 7) is 6.17. The Kier molecular flexibility index (Phi) is 6.12. The van der Waals surface area contributed by atoms with Crippen LogP contribution in [0.1, 0.15) is 42.7 Å². The normalized spacial score (nSPS) is 15.3. The van der Waals surface area contributed by atoms with Gasteiger partial charge in [0.15, 0.2) is 6.61 Å². The number of carbonyl (C=O) groups is 1. The van der Waals surface area contributed by atoms with Crippen molar-refractivity contribution in [3.05, 3.63) is 87.4 Å². The van der Waals surface area contributed by atoms with Gasteiger partial charge in [-0.25, -0.2) is 4.79 Å². The molecule has 0 amide bonds. The van der Waals surface area contributed by atoms with Crippen LogP contribution < -0.4 is 19.9 Å². The van der Waals surface area contributed by atoms with E-state index in [4.69, 9.17) is 19.9 Å². The molecule has 1 aromatic heterocycles. The van der Waals surface area contributed by atoms with Gasteiger partial charge in [0.1, 0.15) is 28.9 Å². The van der Waals surface area contributed by atoms with E-state index in [9.17, 15) is 10.1 Å². The van der Waals surface area contributed by atoms with Gasteiger partial charge < -0.3 is 19.9 Å². The molecule has 0 saturated carbocycles. The first-order valence-electron chi connectivity index (χ1n) is 10.4. The number of ether oxygens (including phenoxy) is 3. The van der Waals surface area contributed by atoms with Gasteiger partial charge in [-0.15, -0.1) is 11.3 Å². The summed E-state index contributed by atoms with van der Waals surface area (Å²) >= 11 is 1.54. The van der Waals surface area contributed by atoms with Crippen LogP contribution in [0.4, 0.5) is 0 Å². The first-order valence-corrected chi connectivity index (χ1v) is 11.3. The number of allylic oxidation sites excluding steroid dienone is 1. The van der Waals surface area contributed by atoms with Gasteiger partial charge >= 0.3 is 5.97 Å². The first kappa shape index (κ1) is 22.4. The highest BCUT2D eigenvalue weighted by Crippen LogP contribution is 2.44. The molecule has 1 aliphatic rings. The molecule has 0 saturated heterocycles. The number of esters is 1. The second-order valence-electron chi connectivity index (χ2n) is 8.68. The molecule has 7 heteroatoms. The van der Waals surface area contributed by atoms with Crippen molar-refractivity contribution < 1.29 is 19.0 Å². The predicted molar refractivity (Wildman–Crippen MR) is 126 cm³/mol. The highest BCUT2D eigenvalue weighted by molar-refractivity contribution is 7.10. The van der Waals surface area contributed by atoms with Crippen LogP contribution in [-0.2, 0) is 10.2 Å². The van der Waals surface area contributed by atoms with Crippen molar-refractivity contribution in [3.63, 3.8) is 0 Å². The molecule has 0 radical (unpaired) electrons. The van der Waals surface area contributed by atoms with Gasteiger partial charge in [0, 0.05) is 16.5 Å². The third-order valence-corrected chi connectivity index (χ3v) is 6.26. The van der Waals surface area contributed by atoms with Crippen molar-refractivity contribution >= 4 is 17.3 Å². The van der Waals surface area contributed by atoms with E-state index in [0.29, 0.717) is 22.8 Å². The molecule has 0 aliphatic carbocycles. The Hall–Kier alpha value is -3.76. The van der Waals surface area contributed by atoms with Gasteiger partial charge in [-0.05, 0) is 40.6 Å². The summed E-state index contributed by atoms with van der Waals surface area (Å²) in [6, 6.07) is 18.8. The number of nitriles is 1. The van der Waals surface area contributed by atoms with Gasteiger partial charge in [-0.1, -0.05) is 45.0 Å².